The van der Waals surface area contributed by atoms with E-state index in [4.69, 9.17) is 28.5 Å². The fraction of sp³-hybridized carbons (Fsp3) is 0.889. The Bertz CT molecular complexity index is 1070. The molecule has 0 aromatic heterocycles. The van der Waals surface area contributed by atoms with E-state index >= 15 is 0 Å². The Hall–Kier alpha value is -1.18. The third-order valence-electron chi connectivity index (χ3n) is 8.50. The third-order valence-corrected chi connectivity index (χ3v) is 9.93. The lowest BCUT2D eigenvalue weighted by Gasteiger charge is -2.20. The summed E-state index contributed by atoms with van der Waals surface area (Å²) >= 11 is 0. The van der Waals surface area contributed by atoms with E-state index in [1.807, 2.05) is 0 Å². The zero-order valence-electron chi connectivity index (χ0n) is 31.8. The van der Waals surface area contributed by atoms with Crippen molar-refractivity contribution < 1.29 is 66.3 Å². The maximum atomic E-state index is 12.6. The lowest BCUT2D eigenvalue weighted by atomic mass is 10.0. The highest BCUT2D eigenvalue weighted by Crippen LogP contribution is 2.44. The Balaban J connectivity index is 2.39. The van der Waals surface area contributed by atoms with Crippen LogP contribution in [-0.4, -0.2) is 82.6 Å². The lowest BCUT2D eigenvalue weighted by Crippen LogP contribution is -2.30. The Morgan fingerprint density at radius 2 is 1.31 bits per heavy atom. The van der Waals surface area contributed by atoms with Crippen LogP contribution in [0.3, 0.4) is 0 Å². The number of unbranched alkanes of at least 4 members (excludes halogenated alkanes) is 12. The monoisotopic (exact) mass is 786 g/mol. The number of phosphoric ester groups is 2. The molecule has 0 amide bonds. The number of epoxide rings is 1. The highest BCUT2D eigenvalue weighted by Gasteiger charge is 2.36. The van der Waals surface area contributed by atoms with Crippen LogP contribution in [-0.2, 0) is 46.5 Å². The van der Waals surface area contributed by atoms with Gasteiger partial charge in [0, 0.05) is 12.8 Å². The van der Waals surface area contributed by atoms with E-state index < -0.39 is 66.2 Å². The van der Waals surface area contributed by atoms with Gasteiger partial charge in [0.1, 0.15) is 12.7 Å². The molecule has 1 heterocycles. The number of allylic oxidation sites excluding steroid dienone is 1. The highest BCUT2D eigenvalue weighted by molar-refractivity contribution is 7.47. The van der Waals surface area contributed by atoms with Gasteiger partial charge in [0.25, 0.3) is 0 Å². The maximum absolute atomic E-state index is 12.6. The van der Waals surface area contributed by atoms with Crippen LogP contribution in [0.1, 0.15) is 149 Å². The average molecular weight is 787 g/mol. The molecule has 0 aliphatic carbocycles. The number of carbonyl (C=O) groups excluding carboxylic acids is 2. The Kier molecular flexibility index (Phi) is 27.4. The number of aliphatic hydroxyl groups is 1. The molecule has 52 heavy (non-hydrogen) atoms. The number of aliphatic hydroxyl groups excluding tert-OH is 1. The van der Waals surface area contributed by atoms with Gasteiger partial charge < -0.3 is 34.0 Å². The van der Waals surface area contributed by atoms with E-state index in [1.54, 1.807) is 0 Å². The van der Waals surface area contributed by atoms with Crippen LogP contribution in [0.2, 0.25) is 0 Å². The number of hydrogen-bond acceptors (Lipinski definition) is 11. The number of carbonyl (C=O) groups is 2. The molecular formula is C36H68O14P2. The van der Waals surface area contributed by atoms with Gasteiger partial charge in [-0.25, -0.2) is 9.13 Å². The Labute approximate surface area is 311 Å². The number of hydrogen-bond donors (Lipinski definition) is 4. The third kappa shape index (κ3) is 30.2. The van der Waals surface area contributed by atoms with E-state index in [1.165, 1.54) is 38.5 Å². The van der Waals surface area contributed by atoms with Crippen LogP contribution in [0, 0.1) is 5.92 Å². The summed E-state index contributed by atoms with van der Waals surface area (Å²) in [5.74, 6) is -0.357. The number of ether oxygens (including phenoxy) is 3. The first-order valence-electron chi connectivity index (χ1n) is 19.4. The standard InChI is InChI=1S/C36H68O14P2/c1-4-5-16-22-33-34(50-33)23-18-13-8-6-7-9-15-20-25-36(39)49-32(28-45-35(38)24-19-14-11-10-12-17-21-30(2)3)29-48-52(43,44)47-27-31(37)26-46-51(40,41)42/h13,18,30-34,37H,4-12,14-17,19-29H2,1-3H3,(H,43,44)(H2,40,41,42)/b18-13-/t31-,32+,33?,34?/m0/s1. The summed E-state index contributed by atoms with van der Waals surface area (Å²) in [6.45, 7) is 3.90. The van der Waals surface area contributed by atoms with Crippen molar-refractivity contribution in [1.29, 1.82) is 0 Å². The summed E-state index contributed by atoms with van der Waals surface area (Å²) in [5.41, 5.74) is 0. The van der Waals surface area contributed by atoms with Gasteiger partial charge in [0.2, 0.25) is 0 Å². The van der Waals surface area contributed by atoms with Crippen LogP contribution in [0.15, 0.2) is 12.2 Å². The molecule has 16 heteroatoms. The topological polar surface area (TPSA) is 208 Å². The van der Waals surface area contributed by atoms with Crippen LogP contribution in [0.25, 0.3) is 0 Å². The molecule has 306 valence electrons. The first-order chi connectivity index (χ1) is 24.7. The van der Waals surface area contributed by atoms with Gasteiger partial charge in [-0.15, -0.1) is 0 Å². The molecule has 0 saturated carbocycles. The van der Waals surface area contributed by atoms with Gasteiger partial charge in [-0.2, -0.15) is 0 Å². The molecule has 5 atom stereocenters. The average Bonchev–Trinajstić information content (AvgIpc) is 3.83. The fourth-order valence-corrected chi connectivity index (χ4v) is 6.58. The Morgan fingerprint density at radius 3 is 1.96 bits per heavy atom. The summed E-state index contributed by atoms with van der Waals surface area (Å²) < 4.78 is 53.3. The molecule has 1 aliphatic rings. The summed E-state index contributed by atoms with van der Waals surface area (Å²) in [6, 6.07) is 0. The zero-order valence-corrected chi connectivity index (χ0v) is 33.6. The van der Waals surface area contributed by atoms with Crippen molar-refractivity contribution in [2.75, 3.05) is 26.4 Å². The number of phosphoric acid groups is 2. The van der Waals surface area contributed by atoms with Crippen molar-refractivity contribution in [3.05, 3.63) is 12.2 Å². The minimum Gasteiger partial charge on any atom is -0.462 e. The smallest absolute Gasteiger partial charge is 0.462 e. The quantitative estimate of drug-likeness (QED) is 0.0159. The summed E-state index contributed by atoms with van der Waals surface area (Å²) in [5, 5.41) is 9.71. The fourth-order valence-electron chi connectivity index (χ4n) is 5.42. The first-order valence-corrected chi connectivity index (χ1v) is 22.4. The minimum atomic E-state index is -4.86. The molecule has 1 rings (SSSR count). The van der Waals surface area contributed by atoms with Crippen molar-refractivity contribution >= 4 is 27.6 Å². The van der Waals surface area contributed by atoms with Crippen molar-refractivity contribution in [3.63, 3.8) is 0 Å². The van der Waals surface area contributed by atoms with Gasteiger partial charge >= 0.3 is 27.6 Å². The molecule has 3 unspecified atom stereocenters. The summed E-state index contributed by atoms with van der Waals surface area (Å²) in [7, 11) is -9.66. The van der Waals surface area contributed by atoms with Crippen LogP contribution >= 0.6 is 15.6 Å². The molecule has 1 saturated heterocycles. The van der Waals surface area contributed by atoms with Crippen molar-refractivity contribution in [3.8, 4) is 0 Å². The van der Waals surface area contributed by atoms with Crippen LogP contribution in [0.4, 0.5) is 0 Å². The molecule has 0 spiro atoms. The van der Waals surface area contributed by atoms with Crippen molar-refractivity contribution in [2.45, 2.75) is 174 Å². The molecule has 0 aromatic rings. The molecule has 0 radical (unpaired) electrons. The van der Waals surface area contributed by atoms with Gasteiger partial charge in [0.15, 0.2) is 6.10 Å². The van der Waals surface area contributed by atoms with Gasteiger partial charge in [-0.05, 0) is 44.4 Å². The summed E-state index contributed by atoms with van der Waals surface area (Å²) in [4.78, 5) is 52.4. The van der Waals surface area contributed by atoms with Crippen molar-refractivity contribution in [1.82, 2.24) is 0 Å². The van der Waals surface area contributed by atoms with E-state index in [0.717, 1.165) is 64.2 Å². The molecule has 14 nitrogen and oxygen atoms in total. The Morgan fingerprint density at radius 1 is 0.712 bits per heavy atom. The number of rotatable bonds is 35. The van der Waals surface area contributed by atoms with E-state index in [0.29, 0.717) is 31.0 Å². The molecule has 0 aromatic carbocycles. The maximum Gasteiger partial charge on any atom is 0.472 e. The summed E-state index contributed by atoms with van der Waals surface area (Å²) in [6.07, 6.45) is 21.4. The molecular weight excluding hydrogens is 718 g/mol. The largest absolute Gasteiger partial charge is 0.472 e. The van der Waals surface area contributed by atoms with Crippen molar-refractivity contribution in [2.24, 2.45) is 5.92 Å². The van der Waals surface area contributed by atoms with E-state index in [-0.39, 0.29) is 12.8 Å². The zero-order chi connectivity index (χ0) is 38.7. The van der Waals surface area contributed by atoms with Crippen LogP contribution < -0.4 is 0 Å². The predicted octanol–water partition coefficient (Wildman–Crippen LogP) is 7.85. The molecule has 4 N–H and O–H groups in total. The van der Waals surface area contributed by atoms with Gasteiger partial charge in [-0.3, -0.25) is 23.2 Å². The van der Waals surface area contributed by atoms with E-state index in [9.17, 15) is 28.7 Å². The van der Waals surface area contributed by atoms with Gasteiger partial charge in [0.05, 0.1) is 32.0 Å². The normalized spacial score (nSPS) is 18.4. The SMILES string of the molecule is CCCCCC1OC1C/C=C\CCCCCCCC(=O)O[C@H](COC(=O)CCCCCCCCC(C)C)COP(=O)(O)OC[C@@H](O)COP(=O)(O)O. The second kappa shape index (κ2) is 29.2. The second-order valence-corrected chi connectivity index (χ2v) is 16.8. The highest BCUT2D eigenvalue weighted by atomic mass is 31.2. The molecule has 1 fully saturated rings. The minimum absolute atomic E-state index is 0.112. The van der Waals surface area contributed by atoms with E-state index in [2.05, 4.69) is 42.0 Å². The molecule has 0 bridgehead atoms. The number of esters is 2. The van der Waals surface area contributed by atoms with Gasteiger partial charge in [-0.1, -0.05) is 110 Å². The van der Waals surface area contributed by atoms with Crippen LogP contribution in [0.5, 0.6) is 0 Å². The second-order valence-electron chi connectivity index (χ2n) is 14.1. The predicted molar refractivity (Wildman–Crippen MR) is 197 cm³/mol. The molecule has 1 aliphatic heterocycles. The first kappa shape index (κ1) is 48.8. The lowest BCUT2D eigenvalue weighted by molar-refractivity contribution is -0.161.